The summed E-state index contributed by atoms with van der Waals surface area (Å²) >= 11 is 0. The Kier molecular flexibility index (Phi) is 4.40. The summed E-state index contributed by atoms with van der Waals surface area (Å²) in [5.41, 5.74) is 2.73. The van der Waals surface area contributed by atoms with Crippen LogP contribution in [0, 0.1) is 0 Å². The molecule has 0 aromatic heterocycles. The van der Waals surface area contributed by atoms with Crippen molar-refractivity contribution in [3.05, 3.63) is 29.8 Å². The molecule has 0 amide bonds. The zero-order chi connectivity index (χ0) is 12.1. The van der Waals surface area contributed by atoms with Crippen LogP contribution in [-0.4, -0.2) is 51.7 Å². The zero-order valence-corrected chi connectivity index (χ0v) is 10.9. The molecule has 0 spiro atoms. The van der Waals surface area contributed by atoms with E-state index in [0.717, 1.165) is 19.5 Å². The molecule has 0 saturated carbocycles. The van der Waals surface area contributed by atoms with Gasteiger partial charge in [0.2, 0.25) is 0 Å². The van der Waals surface area contributed by atoms with Crippen molar-refractivity contribution < 1.29 is 0 Å². The minimum absolute atomic E-state index is 1.14. The van der Waals surface area contributed by atoms with Gasteiger partial charge in [-0.2, -0.15) is 0 Å². The number of hydrogen-bond donors (Lipinski definition) is 1. The van der Waals surface area contributed by atoms with Gasteiger partial charge in [0.1, 0.15) is 0 Å². The first-order chi connectivity index (χ1) is 8.25. The lowest BCUT2D eigenvalue weighted by atomic mass is 10.1. The predicted molar refractivity (Wildman–Crippen MR) is 73.8 cm³/mol. The van der Waals surface area contributed by atoms with Crippen LogP contribution in [0.5, 0.6) is 0 Å². The molecule has 0 atom stereocenters. The minimum Gasteiger partial charge on any atom is -0.378 e. The zero-order valence-electron chi connectivity index (χ0n) is 10.9. The molecule has 0 bridgehead atoms. The molecule has 0 aliphatic carbocycles. The highest BCUT2D eigenvalue weighted by Gasteiger charge is 2.09. The molecule has 1 aliphatic rings. The maximum atomic E-state index is 3.39. The third-order valence-electron chi connectivity index (χ3n) is 3.35. The number of anilines is 1. The molecule has 0 radical (unpaired) electrons. The number of piperazine rings is 1. The highest BCUT2D eigenvalue weighted by atomic mass is 15.2. The molecule has 1 aromatic rings. The van der Waals surface area contributed by atoms with E-state index in [-0.39, 0.29) is 0 Å². The van der Waals surface area contributed by atoms with Gasteiger partial charge in [-0.25, -0.2) is 0 Å². The van der Waals surface area contributed by atoms with Crippen molar-refractivity contribution in [1.82, 2.24) is 10.2 Å². The second-order valence-electron chi connectivity index (χ2n) is 4.91. The van der Waals surface area contributed by atoms with Gasteiger partial charge < -0.3 is 15.1 Å². The average Bonchev–Trinajstić information content (AvgIpc) is 2.38. The van der Waals surface area contributed by atoms with Crippen LogP contribution in [0.1, 0.15) is 5.56 Å². The summed E-state index contributed by atoms with van der Waals surface area (Å²) in [7, 11) is 4.19. The van der Waals surface area contributed by atoms with Crippen molar-refractivity contribution in [2.75, 3.05) is 51.7 Å². The smallest absolute Gasteiger partial charge is 0.0363 e. The Morgan fingerprint density at radius 1 is 1.24 bits per heavy atom. The van der Waals surface area contributed by atoms with E-state index < -0.39 is 0 Å². The Balaban J connectivity index is 1.87. The third-order valence-corrected chi connectivity index (χ3v) is 3.35. The molecule has 1 saturated heterocycles. The van der Waals surface area contributed by atoms with Gasteiger partial charge in [0.15, 0.2) is 0 Å². The summed E-state index contributed by atoms with van der Waals surface area (Å²) in [6, 6.07) is 8.84. The Labute approximate surface area is 104 Å². The molecule has 94 valence electrons. The van der Waals surface area contributed by atoms with Gasteiger partial charge in [0, 0.05) is 52.5 Å². The summed E-state index contributed by atoms with van der Waals surface area (Å²) in [4.78, 5) is 4.70. The van der Waals surface area contributed by atoms with E-state index in [0.29, 0.717) is 0 Å². The van der Waals surface area contributed by atoms with Crippen LogP contribution in [0.2, 0.25) is 0 Å². The van der Waals surface area contributed by atoms with Crippen LogP contribution in [0.3, 0.4) is 0 Å². The Hall–Kier alpha value is -1.06. The van der Waals surface area contributed by atoms with Gasteiger partial charge in [0.25, 0.3) is 0 Å². The highest BCUT2D eigenvalue weighted by molar-refractivity contribution is 5.47. The molecule has 2 rings (SSSR count). The van der Waals surface area contributed by atoms with Crippen molar-refractivity contribution in [2.24, 2.45) is 0 Å². The lowest BCUT2D eigenvalue weighted by Crippen LogP contribution is -2.44. The fourth-order valence-electron chi connectivity index (χ4n) is 2.21. The fourth-order valence-corrected chi connectivity index (χ4v) is 2.21. The molecule has 3 nitrogen and oxygen atoms in total. The highest BCUT2D eigenvalue weighted by Crippen LogP contribution is 2.14. The van der Waals surface area contributed by atoms with Crippen LogP contribution in [0.4, 0.5) is 5.69 Å². The monoisotopic (exact) mass is 233 g/mol. The summed E-state index contributed by atoms with van der Waals surface area (Å²) in [5, 5.41) is 3.39. The van der Waals surface area contributed by atoms with E-state index >= 15 is 0 Å². The SMILES string of the molecule is CN(C)c1cccc(CCN2CCNCC2)c1. The number of benzene rings is 1. The van der Waals surface area contributed by atoms with E-state index in [4.69, 9.17) is 0 Å². The van der Waals surface area contributed by atoms with Crippen LogP contribution >= 0.6 is 0 Å². The van der Waals surface area contributed by atoms with Crippen LogP contribution < -0.4 is 10.2 Å². The minimum atomic E-state index is 1.14. The quantitative estimate of drug-likeness (QED) is 0.843. The van der Waals surface area contributed by atoms with Gasteiger partial charge in [-0.15, -0.1) is 0 Å². The van der Waals surface area contributed by atoms with Gasteiger partial charge in [-0.1, -0.05) is 12.1 Å². The second kappa shape index (κ2) is 6.03. The number of rotatable bonds is 4. The van der Waals surface area contributed by atoms with Crippen LogP contribution in [0.15, 0.2) is 24.3 Å². The van der Waals surface area contributed by atoms with E-state index in [2.05, 4.69) is 53.5 Å². The predicted octanol–water partition coefficient (Wildman–Crippen LogP) is 1.20. The van der Waals surface area contributed by atoms with E-state index in [1.165, 1.54) is 30.9 Å². The molecular formula is C14H23N3. The van der Waals surface area contributed by atoms with Crippen molar-refractivity contribution in [1.29, 1.82) is 0 Å². The fraction of sp³-hybridized carbons (Fsp3) is 0.571. The molecule has 0 unspecified atom stereocenters. The molecule has 3 heteroatoms. The molecular weight excluding hydrogens is 210 g/mol. The molecule has 1 fully saturated rings. The van der Waals surface area contributed by atoms with Crippen molar-refractivity contribution in [3.8, 4) is 0 Å². The maximum absolute atomic E-state index is 3.39. The van der Waals surface area contributed by atoms with Gasteiger partial charge >= 0.3 is 0 Å². The first-order valence-electron chi connectivity index (χ1n) is 6.45. The standard InChI is InChI=1S/C14H23N3/c1-16(2)14-5-3-4-13(12-14)6-9-17-10-7-15-8-11-17/h3-5,12,15H,6-11H2,1-2H3. The Morgan fingerprint density at radius 2 is 2.00 bits per heavy atom. The largest absolute Gasteiger partial charge is 0.378 e. The molecule has 17 heavy (non-hydrogen) atoms. The Bertz CT molecular complexity index is 343. The molecule has 1 heterocycles. The maximum Gasteiger partial charge on any atom is 0.0363 e. The third kappa shape index (κ3) is 3.72. The normalized spacial score (nSPS) is 17.1. The Morgan fingerprint density at radius 3 is 2.71 bits per heavy atom. The summed E-state index contributed by atoms with van der Waals surface area (Å²) < 4.78 is 0. The lowest BCUT2D eigenvalue weighted by Gasteiger charge is -2.27. The summed E-state index contributed by atoms with van der Waals surface area (Å²) in [6.07, 6.45) is 1.15. The summed E-state index contributed by atoms with van der Waals surface area (Å²) in [6.45, 7) is 5.83. The van der Waals surface area contributed by atoms with E-state index in [1.807, 2.05) is 0 Å². The number of hydrogen-bond acceptors (Lipinski definition) is 3. The van der Waals surface area contributed by atoms with Gasteiger partial charge in [-0.05, 0) is 24.1 Å². The first-order valence-corrected chi connectivity index (χ1v) is 6.45. The number of nitrogens with one attached hydrogen (secondary N) is 1. The van der Waals surface area contributed by atoms with Crippen LogP contribution in [0.25, 0.3) is 0 Å². The van der Waals surface area contributed by atoms with E-state index in [1.54, 1.807) is 0 Å². The van der Waals surface area contributed by atoms with Crippen LogP contribution in [-0.2, 0) is 6.42 Å². The average molecular weight is 233 g/mol. The topological polar surface area (TPSA) is 18.5 Å². The first kappa shape index (κ1) is 12.4. The van der Waals surface area contributed by atoms with Gasteiger partial charge in [0.05, 0.1) is 0 Å². The number of nitrogens with zero attached hydrogens (tertiary/aromatic N) is 2. The second-order valence-corrected chi connectivity index (χ2v) is 4.91. The molecule has 1 aromatic carbocycles. The van der Waals surface area contributed by atoms with Crippen molar-refractivity contribution in [2.45, 2.75) is 6.42 Å². The van der Waals surface area contributed by atoms with Crippen molar-refractivity contribution >= 4 is 5.69 Å². The summed E-state index contributed by atoms with van der Waals surface area (Å²) in [5.74, 6) is 0. The van der Waals surface area contributed by atoms with Crippen molar-refractivity contribution in [3.63, 3.8) is 0 Å². The molecule has 1 N–H and O–H groups in total. The lowest BCUT2D eigenvalue weighted by molar-refractivity contribution is 0.244. The van der Waals surface area contributed by atoms with Gasteiger partial charge in [-0.3, -0.25) is 0 Å². The van der Waals surface area contributed by atoms with E-state index in [9.17, 15) is 0 Å². The molecule has 1 aliphatic heterocycles.